The molecule has 2 rings (SSSR count). The van der Waals surface area contributed by atoms with E-state index in [1.807, 2.05) is 6.92 Å². The average Bonchev–Trinajstić information content (AvgIpc) is 2.86. The third-order valence-electron chi connectivity index (χ3n) is 3.42. The second-order valence-corrected chi connectivity index (χ2v) is 5.05. The maximum atomic E-state index is 12.1. The molecule has 2 N–H and O–H groups in total. The summed E-state index contributed by atoms with van der Waals surface area (Å²) in [4.78, 5) is 22.8. The molecule has 1 fully saturated rings. The van der Waals surface area contributed by atoms with Crippen LogP contribution in [0.3, 0.4) is 0 Å². The first kappa shape index (κ1) is 12.7. The summed E-state index contributed by atoms with van der Waals surface area (Å²) in [5, 5.41) is 11.7. The zero-order valence-corrected chi connectivity index (χ0v) is 10.4. The fourth-order valence-corrected chi connectivity index (χ4v) is 2.44. The van der Waals surface area contributed by atoms with Crippen molar-refractivity contribution in [2.24, 2.45) is 0 Å². The molecule has 0 aromatic carbocycles. The summed E-state index contributed by atoms with van der Waals surface area (Å²) < 4.78 is 5.05. The van der Waals surface area contributed by atoms with Crippen LogP contribution in [0.2, 0.25) is 0 Å². The van der Waals surface area contributed by atoms with E-state index in [0.717, 1.165) is 25.7 Å². The molecule has 1 heterocycles. The number of furan rings is 1. The van der Waals surface area contributed by atoms with Crippen LogP contribution in [0, 0.1) is 0 Å². The van der Waals surface area contributed by atoms with E-state index in [9.17, 15) is 9.59 Å². The lowest BCUT2D eigenvalue weighted by atomic mass is 10.00. The van der Waals surface area contributed by atoms with E-state index in [1.165, 1.54) is 12.3 Å². The van der Waals surface area contributed by atoms with E-state index in [2.05, 4.69) is 5.32 Å². The van der Waals surface area contributed by atoms with Gasteiger partial charge < -0.3 is 14.8 Å². The monoisotopic (exact) mass is 251 g/mol. The molecule has 0 unspecified atom stereocenters. The molecule has 0 saturated heterocycles. The lowest BCUT2D eigenvalue weighted by molar-refractivity contribution is -0.136. The van der Waals surface area contributed by atoms with Crippen molar-refractivity contribution in [3.05, 3.63) is 23.7 Å². The molecular weight excluding hydrogens is 234 g/mol. The van der Waals surface area contributed by atoms with Crippen molar-refractivity contribution < 1.29 is 19.1 Å². The quantitative estimate of drug-likeness (QED) is 0.857. The van der Waals surface area contributed by atoms with Gasteiger partial charge in [0.1, 0.15) is 12.2 Å². The van der Waals surface area contributed by atoms with E-state index < -0.39 is 5.97 Å². The summed E-state index contributed by atoms with van der Waals surface area (Å²) in [5.74, 6) is -1.04. The summed E-state index contributed by atoms with van der Waals surface area (Å²) in [7, 11) is 0. The van der Waals surface area contributed by atoms with Gasteiger partial charge in [0.2, 0.25) is 0 Å². The van der Waals surface area contributed by atoms with Crippen LogP contribution in [0.4, 0.5) is 0 Å². The van der Waals surface area contributed by atoms with Crippen molar-refractivity contribution in [1.29, 1.82) is 0 Å². The third kappa shape index (κ3) is 2.72. The predicted octanol–water partition coefficient (Wildman–Crippen LogP) is 1.97. The van der Waals surface area contributed by atoms with Crippen molar-refractivity contribution in [1.82, 2.24) is 5.32 Å². The number of hydrogen-bond acceptors (Lipinski definition) is 3. The van der Waals surface area contributed by atoms with Crippen molar-refractivity contribution >= 4 is 11.9 Å². The predicted molar refractivity (Wildman–Crippen MR) is 64.4 cm³/mol. The topological polar surface area (TPSA) is 79.5 Å². The molecule has 1 saturated carbocycles. The van der Waals surface area contributed by atoms with Gasteiger partial charge in [0, 0.05) is 5.54 Å². The molecule has 0 bridgehead atoms. The Morgan fingerprint density at radius 1 is 1.44 bits per heavy atom. The summed E-state index contributed by atoms with van der Waals surface area (Å²) >= 11 is 0. The Kier molecular flexibility index (Phi) is 3.41. The van der Waals surface area contributed by atoms with Crippen LogP contribution in [0.5, 0.6) is 0 Å². The molecule has 0 spiro atoms. The Labute approximate surface area is 105 Å². The van der Waals surface area contributed by atoms with Crippen LogP contribution in [0.15, 0.2) is 16.7 Å². The standard InChI is InChI=1S/C13H17NO4/c1-13(5-2-3-6-13)14-12(17)9-4-7-18-10(9)8-11(15)16/h4,7H,2-3,5-6,8H2,1H3,(H,14,17)(H,15,16). The highest BCUT2D eigenvalue weighted by atomic mass is 16.4. The molecular formula is C13H17NO4. The minimum atomic E-state index is -1.01. The zero-order chi connectivity index (χ0) is 13.2. The number of carboxylic acid groups (broad SMARTS) is 1. The molecule has 1 aliphatic carbocycles. The highest BCUT2D eigenvalue weighted by Crippen LogP contribution is 2.29. The maximum absolute atomic E-state index is 12.1. The highest BCUT2D eigenvalue weighted by molar-refractivity contribution is 5.96. The first-order valence-corrected chi connectivity index (χ1v) is 6.11. The highest BCUT2D eigenvalue weighted by Gasteiger charge is 2.31. The molecule has 1 aromatic rings. The zero-order valence-electron chi connectivity index (χ0n) is 10.4. The largest absolute Gasteiger partial charge is 0.481 e. The number of hydrogen-bond donors (Lipinski definition) is 2. The maximum Gasteiger partial charge on any atom is 0.311 e. The molecule has 5 heteroatoms. The molecule has 18 heavy (non-hydrogen) atoms. The van der Waals surface area contributed by atoms with Crippen molar-refractivity contribution in [3.8, 4) is 0 Å². The Bertz CT molecular complexity index is 457. The fourth-order valence-electron chi connectivity index (χ4n) is 2.44. The molecule has 0 radical (unpaired) electrons. The molecule has 98 valence electrons. The smallest absolute Gasteiger partial charge is 0.311 e. The van der Waals surface area contributed by atoms with Gasteiger partial charge in [-0.1, -0.05) is 12.8 Å². The number of amides is 1. The van der Waals surface area contributed by atoms with Crippen molar-refractivity contribution in [3.63, 3.8) is 0 Å². The number of carboxylic acids is 1. The first-order valence-electron chi connectivity index (χ1n) is 6.11. The molecule has 0 aliphatic heterocycles. The van der Waals surface area contributed by atoms with Gasteiger partial charge in [-0.15, -0.1) is 0 Å². The first-order chi connectivity index (χ1) is 8.50. The Balaban J connectivity index is 2.09. The van der Waals surface area contributed by atoms with Gasteiger partial charge in [-0.25, -0.2) is 0 Å². The van der Waals surface area contributed by atoms with Gasteiger partial charge >= 0.3 is 5.97 Å². The average molecular weight is 251 g/mol. The Morgan fingerprint density at radius 2 is 2.11 bits per heavy atom. The fraction of sp³-hybridized carbons (Fsp3) is 0.538. The molecule has 0 atom stereocenters. The van der Waals surface area contributed by atoms with E-state index in [4.69, 9.17) is 9.52 Å². The van der Waals surface area contributed by atoms with Gasteiger partial charge in [0.05, 0.1) is 11.8 Å². The van der Waals surface area contributed by atoms with Crippen LogP contribution in [-0.2, 0) is 11.2 Å². The number of rotatable bonds is 4. The minimum Gasteiger partial charge on any atom is -0.481 e. The van der Waals surface area contributed by atoms with Gasteiger partial charge in [-0.2, -0.15) is 0 Å². The van der Waals surface area contributed by atoms with E-state index in [0.29, 0.717) is 5.56 Å². The third-order valence-corrected chi connectivity index (χ3v) is 3.42. The molecule has 5 nitrogen and oxygen atoms in total. The van der Waals surface area contributed by atoms with Gasteiger partial charge in [0.25, 0.3) is 5.91 Å². The van der Waals surface area contributed by atoms with Crippen LogP contribution in [0.25, 0.3) is 0 Å². The van der Waals surface area contributed by atoms with Crippen molar-refractivity contribution in [2.75, 3.05) is 0 Å². The van der Waals surface area contributed by atoms with Crippen LogP contribution in [0.1, 0.15) is 48.7 Å². The Hall–Kier alpha value is -1.78. The summed E-state index contributed by atoms with van der Waals surface area (Å²) in [6.07, 6.45) is 5.24. The SMILES string of the molecule is CC1(NC(=O)c2ccoc2CC(=O)O)CCCC1. The molecule has 1 amide bonds. The van der Waals surface area contributed by atoms with Gasteiger partial charge in [-0.3, -0.25) is 9.59 Å². The number of nitrogens with one attached hydrogen (secondary N) is 1. The van der Waals surface area contributed by atoms with Gasteiger partial charge in [0.15, 0.2) is 0 Å². The van der Waals surface area contributed by atoms with Crippen LogP contribution >= 0.6 is 0 Å². The summed E-state index contributed by atoms with van der Waals surface area (Å²) in [5.41, 5.74) is 0.153. The van der Waals surface area contributed by atoms with E-state index in [1.54, 1.807) is 0 Å². The lowest BCUT2D eigenvalue weighted by Crippen LogP contribution is -2.43. The second-order valence-electron chi connectivity index (χ2n) is 5.05. The van der Waals surface area contributed by atoms with E-state index in [-0.39, 0.29) is 23.6 Å². The van der Waals surface area contributed by atoms with Crippen LogP contribution in [-0.4, -0.2) is 22.5 Å². The second kappa shape index (κ2) is 4.84. The lowest BCUT2D eigenvalue weighted by Gasteiger charge is -2.25. The van der Waals surface area contributed by atoms with Crippen molar-refractivity contribution in [2.45, 2.75) is 44.6 Å². The molecule has 1 aliphatic rings. The molecule has 1 aromatic heterocycles. The van der Waals surface area contributed by atoms with Gasteiger partial charge in [-0.05, 0) is 25.8 Å². The summed E-state index contributed by atoms with van der Waals surface area (Å²) in [6, 6.07) is 1.52. The minimum absolute atomic E-state index is 0.172. The number of carbonyl (C=O) groups is 2. The normalized spacial score (nSPS) is 17.6. The van der Waals surface area contributed by atoms with E-state index >= 15 is 0 Å². The summed E-state index contributed by atoms with van der Waals surface area (Å²) in [6.45, 7) is 2.02. The number of aliphatic carboxylic acids is 1. The number of carbonyl (C=O) groups excluding carboxylic acids is 1. The van der Waals surface area contributed by atoms with Crippen LogP contribution < -0.4 is 5.32 Å². The Morgan fingerprint density at radius 3 is 2.72 bits per heavy atom.